The lowest BCUT2D eigenvalue weighted by molar-refractivity contribution is -0.185. The molecule has 2 heterocycles. The van der Waals surface area contributed by atoms with E-state index in [0.717, 1.165) is 36.2 Å². The highest BCUT2D eigenvalue weighted by atomic mass is 16.7. The third-order valence-corrected chi connectivity index (χ3v) is 6.05. The third-order valence-electron chi connectivity index (χ3n) is 6.05. The Morgan fingerprint density at radius 1 is 1.08 bits per heavy atom. The van der Waals surface area contributed by atoms with Crippen LogP contribution in [0.1, 0.15) is 63.0 Å². The van der Waals surface area contributed by atoms with E-state index in [1.54, 1.807) is 0 Å². The van der Waals surface area contributed by atoms with E-state index in [4.69, 9.17) is 9.47 Å². The molecule has 3 heteroatoms. The molecule has 2 fully saturated rings. The fraction of sp³-hybridized carbons (Fsp3) is 0.571. The fourth-order valence-electron chi connectivity index (χ4n) is 4.78. The molecule has 1 aromatic rings. The van der Waals surface area contributed by atoms with E-state index >= 15 is 0 Å². The Morgan fingerprint density at radius 3 is 2.46 bits per heavy atom. The summed E-state index contributed by atoms with van der Waals surface area (Å²) in [5.41, 5.74) is 4.12. The number of aryl methyl sites for hydroxylation is 1. The van der Waals surface area contributed by atoms with Crippen LogP contribution in [0, 0.1) is 12.3 Å². The number of benzene rings is 1. The highest BCUT2D eigenvalue weighted by Crippen LogP contribution is 2.55. The van der Waals surface area contributed by atoms with E-state index < -0.39 is 5.79 Å². The van der Waals surface area contributed by atoms with Gasteiger partial charge in [-0.3, -0.25) is 0 Å². The highest BCUT2D eigenvalue weighted by molar-refractivity contribution is 6.20. The maximum atomic E-state index is 12.7. The van der Waals surface area contributed by atoms with Crippen LogP contribution in [-0.2, 0) is 14.3 Å². The predicted octanol–water partition coefficient (Wildman–Crippen LogP) is 4.78. The van der Waals surface area contributed by atoms with Crippen LogP contribution in [0.15, 0.2) is 29.8 Å². The van der Waals surface area contributed by atoms with E-state index in [0.29, 0.717) is 0 Å². The highest BCUT2D eigenvalue weighted by Gasteiger charge is 2.58. The summed E-state index contributed by atoms with van der Waals surface area (Å²) in [4.78, 5) is 12.7. The molecule has 0 radical (unpaired) electrons. The number of carbonyl (C=O) groups excluding carboxylic acids is 1. The van der Waals surface area contributed by atoms with Crippen molar-refractivity contribution in [2.24, 2.45) is 5.41 Å². The van der Waals surface area contributed by atoms with Gasteiger partial charge in [-0.15, -0.1) is 0 Å². The first-order valence-corrected chi connectivity index (χ1v) is 9.25. The second-order valence-electron chi connectivity index (χ2n) is 7.74. The van der Waals surface area contributed by atoms with Crippen LogP contribution in [0.2, 0.25) is 0 Å². The first-order chi connectivity index (χ1) is 11.6. The van der Waals surface area contributed by atoms with Crippen LogP contribution in [0.4, 0.5) is 0 Å². The number of esters is 1. The van der Waals surface area contributed by atoms with Crippen molar-refractivity contribution < 1.29 is 14.3 Å². The standard InChI is InChI=1S/C21H26O3/c1-3-17-18(16-9-7-15(2)8-10-16)19(22)24-21(17)13-20(14-23-21)11-5-4-6-12-20/h7-10H,3-6,11-14H2,1-2H3/t21-/m1/s1. The molecular formula is C21H26O3. The summed E-state index contributed by atoms with van der Waals surface area (Å²) in [7, 11) is 0. The van der Waals surface area contributed by atoms with Crippen molar-refractivity contribution in [3.05, 3.63) is 41.0 Å². The van der Waals surface area contributed by atoms with Gasteiger partial charge in [0.1, 0.15) is 0 Å². The molecule has 128 valence electrons. The van der Waals surface area contributed by atoms with Crippen molar-refractivity contribution >= 4 is 11.5 Å². The first-order valence-electron chi connectivity index (χ1n) is 9.25. The van der Waals surface area contributed by atoms with Gasteiger partial charge in [-0.25, -0.2) is 4.79 Å². The quantitative estimate of drug-likeness (QED) is 0.734. The summed E-state index contributed by atoms with van der Waals surface area (Å²) in [6.45, 7) is 4.88. The fourth-order valence-corrected chi connectivity index (χ4v) is 4.78. The van der Waals surface area contributed by atoms with E-state index in [9.17, 15) is 4.79 Å². The van der Waals surface area contributed by atoms with Crippen molar-refractivity contribution in [2.75, 3.05) is 6.61 Å². The molecule has 1 saturated heterocycles. The Hall–Kier alpha value is -1.61. The summed E-state index contributed by atoms with van der Waals surface area (Å²) in [6.07, 6.45) is 7.87. The molecule has 0 bridgehead atoms. The molecular weight excluding hydrogens is 300 g/mol. The minimum atomic E-state index is -0.802. The van der Waals surface area contributed by atoms with Crippen molar-refractivity contribution in [1.29, 1.82) is 0 Å². The van der Waals surface area contributed by atoms with E-state index in [-0.39, 0.29) is 11.4 Å². The number of carbonyl (C=O) groups is 1. The lowest BCUT2D eigenvalue weighted by atomic mass is 9.71. The Morgan fingerprint density at radius 2 is 1.79 bits per heavy atom. The van der Waals surface area contributed by atoms with Gasteiger partial charge in [0.25, 0.3) is 0 Å². The van der Waals surface area contributed by atoms with Gasteiger partial charge in [-0.1, -0.05) is 56.0 Å². The van der Waals surface area contributed by atoms with Gasteiger partial charge < -0.3 is 9.47 Å². The van der Waals surface area contributed by atoms with Gasteiger partial charge in [0.2, 0.25) is 5.79 Å². The average Bonchev–Trinajstić information content (AvgIpc) is 3.06. The minimum Gasteiger partial charge on any atom is -0.425 e. The van der Waals surface area contributed by atoms with Crippen molar-refractivity contribution in [3.8, 4) is 0 Å². The summed E-state index contributed by atoms with van der Waals surface area (Å²) in [5, 5.41) is 0. The summed E-state index contributed by atoms with van der Waals surface area (Å²) < 4.78 is 12.1. The molecule has 0 amide bonds. The molecule has 2 aliphatic heterocycles. The largest absolute Gasteiger partial charge is 0.425 e. The smallest absolute Gasteiger partial charge is 0.341 e. The Bertz CT molecular complexity index is 680. The zero-order valence-corrected chi connectivity index (χ0v) is 14.7. The molecule has 0 N–H and O–H groups in total. The predicted molar refractivity (Wildman–Crippen MR) is 93.3 cm³/mol. The molecule has 1 aromatic carbocycles. The van der Waals surface area contributed by atoms with Crippen LogP contribution in [0.5, 0.6) is 0 Å². The van der Waals surface area contributed by atoms with Crippen LogP contribution in [0.25, 0.3) is 5.57 Å². The molecule has 3 aliphatic rings. The average molecular weight is 326 g/mol. The number of hydrogen-bond donors (Lipinski definition) is 0. The lowest BCUT2D eigenvalue weighted by Gasteiger charge is -2.33. The first kappa shape index (κ1) is 15.9. The Balaban J connectivity index is 1.72. The van der Waals surface area contributed by atoms with Crippen LogP contribution in [-0.4, -0.2) is 18.4 Å². The zero-order valence-electron chi connectivity index (χ0n) is 14.7. The number of ether oxygens (including phenoxy) is 2. The molecule has 0 unspecified atom stereocenters. The van der Waals surface area contributed by atoms with Gasteiger partial charge in [0.15, 0.2) is 0 Å². The van der Waals surface area contributed by atoms with Gasteiger partial charge >= 0.3 is 5.97 Å². The van der Waals surface area contributed by atoms with Gasteiger partial charge in [-0.2, -0.15) is 0 Å². The topological polar surface area (TPSA) is 35.5 Å². The molecule has 0 aromatic heterocycles. The number of hydrogen-bond acceptors (Lipinski definition) is 3. The number of rotatable bonds is 2. The van der Waals surface area contributed by atoms with Crippen molar-refractivity contribution in [1.82, 2.24) is 0 Å². The third kappa shape index (κ3) is 2.41. The second-order valence-corrected chi connectivity index (χ2v) is 7.74. The van der Waals surface area contributed by atoms with Crippen LogP contribution in [0.3, 0.4) is 0 Å². The van der Waals surface area contributed by atoms with E-state index in [1.807, 2.05) is 24.3 Å². The van der Waals surface area contributed by atoms with Crippen LogP contribution >= 0.6 is 0 Å². The molecule has 2 spiro atoms. The van der Waals surface area contributed by atoms with Crippen molar-refractivity contribution in [3.63, 3.8) is 0 Å². The molecule has 24 heavy (non-hydrogen) atoms. The van der Waals surface area contributed by atoms with Gasteiger partial charge in [-0.05, 0) is 31.7 Å². The summed E-state index contributed by atoms with van der Waals surface area (Å²) in [5.74, 6) is -1.02. The van der Waals surface area contributed by atoms with Gasteiger partial charge in [0, 0.05) is 17.4 Å². The monoisotopic (exact) mass is 326 g/mol. The maximum Gasteiger partial charge on any atom is 0.341 e. The van der Waals surface area contributed by atoms with E-state index in [2.05, 4.69) is 13.8 Å². The second kappa shape index (κ2) is 5.73. The lowest BCUT2D eigenvalue weighted by Crippen LogP contribution is -2.33. The van der Waals surface area contributed by atoms with Crippen molar-refractivity contribution in [2.45, 2.75) is 64.6 Å². The zero-order chi connectivity index (χ0) is 16.8. The van der Waals surface area contributed by atoms with Crippen LogP contribution < -0.4 is 0 Å². The molecule has 3 nitrogen and oxygen atoms in total. The molecule has 1 saturated carbocycles. The normalized spacial score (nSPS) is 28.8. The SMILES string of the molecule is CCC1=C(c2ccc(C)cc2)C(=O)O[C@]12CC1(CCCCC1)CO2. The van der Waals surface area contributed by atoms with Gasteiger partial charge in [0.05, 0.1) is 12.2 Å². The molecule has 1 aliphatic carbocycles. The minimum absolute atomic E-state index is 0.210. The molecule has 4 rings (SSSR count). The molecule has 1 atom stereocenters. The van der Waals surface area contributed by atoms with E-state index in [1.165, 1.54) is 37.7 Å². The summed E-state index contributed by atoms with van der Waals surface area (Å²) in [6, 6.07) is 8.13. The summed E-state index contributed by atoms with van der Waals surface area (Å²) >= 11 is 0. The Labute approximate surface area is 144 Å². The Kier molecular flexibility index (Phi) is 3.80. The maximum absolute atomic E-state index is 12.7.